The fraction of sp³-hybridized carbons (Fsp3) is 0.300. The number of benzene rings is 2. The van der Waals surface area contributed by atoms with Gasteiger partial charge in [0.15, 0.2) is 5.54 Å². The maximum absolute atomic E-state index is 12.5. The number of nitrogens with one attached hydrogen (secondary N) is 1. The van der Waals surface area contributed by atoms with Gasteiger partial charge >= 0.3 is 0 Å². The van der Waals surface area contributed by atoms with E-state index in [1.54, 1.807) is 42.5 Å². The summed E-state index contributed by atoms with van der Waals surface area (Å²) in [6.45, 7) is 3.76. The molecule has 0 aliphatic rings. The fourth-order valence-corrected chi connectivity index (χ4v) is 2.70. The van der Waals surface area contributed by atoms with Crippen LogP contribution in [0.1, 0.15) is 19.4 Å². The van der Waals surface area contributed by atoms with Gasteiger partial charge in [-0.1, -0.05) is 55.2 Å². The van der Waals surface area contributed by atoms with Crippen LogP contribution in [-0.2, 0) is 11.2 Å². The number of amides is 1. The summed E-state index contributed by atoms with van der Waals surface area (Å²) in [7, 11) is 0. The standard InChI is InChI=1S/C20H20Cl2N2O2/c1-14(2)20(12-23,13-26-17-9-7-16(21)8-10-17)24-19(25)11-15-5-3-4-6-18(15)22/h3-10,14H,11,13H2,1-2H3,(H,24,25). The van der Waals surface area contributed by atoms with Gasteiger partial charge in [-0.05, 0) is 41.8 Å². The molecule has 1 amide bonds. The van der Waals surface area contributed by atoms with E-state index in [0.29, 0.717) is 21.4 Å². The maximum Gasteiger partial charge on any atom is 0.225 e. The topological polar surface area (TPSA) is 62.1 Å². The monoisotopic (exact) mass is 390 g/mol. The van der Waals surface area contributed by atoms with E-state index >= 15 is 0 Å². The minimum absolute atomic E-state index is 0.0249. The highest BCUT2D eigenvalue weighted by Crippen LogP contribution is 2.22. The lowest BCUT2D eigenvalue weighted by Crippen LogP contribution is -2.55. The summed E-state index contributed by atoms with van der Waals surface area (Å²) < 4.78 is 5.73. The number of ether oxygens (including phenoxy) is 1. The van der Waals surface area contributed by atoms with E-state index in [1.807, 2.05) is 19.9 Å². The summed E-state index contributed by atoms with van der Waals surface area (Å²) in [6, 6.07) is 16.2. The van der Waals surface area contributed by atoms with Crippen LogP contribution in [0.5, 0.6) is 5.75 Å². The van der Waals surface area contributed by atoms with Gasteiger partial charge < -0.3 is 10.1 Å². The molecule has 0 saturated carbocycles. The van der Waals surface area contributed by atoms with Crippen LogP contribution in [-0.4, -0.2) is 18.1 Å². The van der Waals surface area contributed by atoms with Crippen LogP contribution in [0.2, 0.25) is 10.0 Å². The summed E-state index contributed by atoms with van der Waals surface area (Å²) in [6.07, 6.45) is 0.0940. The highest BCUT2D eigenvalue weighted by Gasteiger charge is 2.37. The zero-order valence-corrected chi connectivity index (χ0v) is 16.1. The molecule has 4 nitrogen and oxygen atoms in total. The minimum atomic E-state index is -1.15. The number of nitrogens with zero attached hydrogens (tertiary/aromatic N) is 1. The summed E-state index contributed by atoms with van der Waals surface area (Å²) in [5.74, 6) is 0.137. The van der Waals surface area contributed by atoms with Crippen LogP contribution in [0.3, 0.4) is 0 Å². The number of halogens is 2. The van der Waals surface area contributed by atoms with Gasteiger partial charge in [-0.2, -0.15) is 5.26 Å². The first-order valence-corrected chi connectivity index (χ1v) is 8.96. The quantitative estimate of drug-likeness (QED) is 0.748. The van der Waals surface area contributed by atoms with Crippen LogP contribution < -0.4 is 10.1 Å². The summed E-state index contributed by atoms with van der Waals surface area (Å²) in [5, 5.41) is 13.7. The van der Waals surface area contributed by atoms with E-state index in [4.69, 9.17) is 27.9 Å². The van der Waals surface area contributed by atoms with Crippen molar-refractivity contribution in [3.05, 3.63) is 64.1 Å². The molecule has 0 fully saturated rings. The molecule has 0 aliphatic heterocycles. The highest BCUT2D eigenvalue weighted by atomic mass is 35.5. The number of rotatable bonds is 7. The zero-order valence-electron chi connectivity index (χ0n) is 14.6. The molecular weight excluding hydrogens is 371 g/mol. The Bertz CT molecular complexity index is 800. The molecule has 26 heavy (non-hydrogen) atoms. The van der Waals surface area contributed by atoms with Gasteiger partial charge in [0.25, 0.3) is 0 Å². The van der Waals surface area contributed by atoms with E-state index in [1.165, 1.54) is 0 Å². The van der Waals surface area contributed by atoms with Crippen LogP contribution in [0.4, 0.5) is 0 Å². The molecule has 136 valence electrons. The minimum Gasteiger partial charge on any atom is -0.490 e. The van der Waals surface area contributed by atoms with Gasteiger partial charge in [0, 0.05) is 10.0 Å². The predicted molar refractivity (Wildman–Crippen MR) is 103 cm³/mol. The number of carbonyl (C=O) groups is 1. The van der Waals surface area contributed by atoms with Crippen molar-refractivity contribution in [2.24, 2.45) is 5.92 Å². The van der Waals surface area contributed by atoms with Gasteiger partial charge in [0.05, 0.1) is 12.5 Å². The molecule has 6 heteroatoms. The Hall–Kier alpha value is -2.22. The average Bonchev–Trinajstić information content (AvgIpc) is 2.61. The molecule has 0 aliphatic carbocycles. The van der Waals surface area contributed by atoms with E-state index in [-0.39, 0.29) is 24.9 Å². The maximum atomic E-state index is 12.5. The number of carbonyl (C=O) groups excluding carboxylic acids is 1. The second-order valence-corrected chi connectivity index (χ2v) is 7.14. The van der Waals surface area contributed by atoms with Crippen LogP contribution in [0, 0.1) is 17.2 Å². The van der Waals surface area contributed by atoms with Gasteiger partial charge in [0.1, 0.15) is 12.4 Å². The zero-order chi connectivity index (χ0) is 19.2. The molecular formula is C20H20Cl2N2O2. The van der Waals surface area contributed by atoms with E-state index in [9.17, 15) is 10.1 Å². The molecule has 0 spiro atoms. The lowest BCUT2D eigenvalue weighted by Gasteiger charge is -2.31. The van der Waals surface area contributed by atoms with Crippen molar-refractivity contribution in [1.82, 2.24) is 5.32 Å². The number of nitriles is 1. The Kier molecular flexibility index (Phi) is 6.90. The highest BCUT2D eigenvalue weighted by molar-refractivity contribution is 6.31. The molecule has 2 aromatic rings. The second-order valence-electron chi connectivity index (χ2n) is 6.30. The second kappa shape index (κ2) is 8.93. The molecule has 0 radical (unpaired) electrons. The summed E-state index contributed by atoms with van der Waals surface area (Å²) in [4.78, 5) is 12.5. The molecule has 1 atom stereocenters. The third-order valence-corrected chi connectivity index (χ3v) is 4.76. The molecule has 0 bridgehead atoms. The van der Waals surface area contributed by atoms with Crippen molar-refractivity contribution in [2.45, 2.75) is 25.8 Å². The lowest BCUT2D eigenvalue weighted by atomic mass is 9.88. The molecule has 1 unspecified atom stereocenters. The average molecular weight is 391 g/mol. The smallest absolute Gasteiger partial charge is 0.225 e. The van der Waals surface area contributed by atoms with Crippen LogP contribution >= 0.6 is 23.2 Å². The molecule has 0 aromatic heterocycles. The number of hydrogen-bond donors (Lipinski definition) is 1. The molecule has 0 saturated heterocycles. The van der Waals surface area contributed by atoms with Gasteiger partial charge in [-0.3, -0.25) is 4.79 Å². The van der Waals surface area contributed by atoms with Crippen LogP contribution in [0.15, 0.2) is 48.5 Å². The first-order chi connectivity index (χ1) is 12.4. The van der Waals surface area contributed by atoms with E-state index < -0.39 is 5.54 Å². The van der Waals surface area contributed by atoms with Crippen molar-refractivity contribution in [2.75, 3.05) is 6.61 Å². The summed E-state index contributed by atoms with van der Waals surface area (Å²) >= 11 is 12.0. The third-order valence-electron chi connectivity index (χ3n) is 4.14. The molecule has 2 aromatic carbocycles. The summed E-state index contributed by atoms with van der Waals surface area (Å²) in [5.41, 5.74) is -0.446. The molecule has 2 rings (SSSR count). The van der Waals surface area contributed by atoms with Gasteiger partial charge in [-0.15, -0.1) is 0 Å². The van der Waals surface area contributed by atoms with Crippen molar-refractivity contribution >= 4 is 29.1 Å². The normalized spacial score (nSPS) is 12.9. The van der Waals surface area contributed by atoms with Crippen molar-refractivity contribution < 1.29 is 9.53 Å². The first kappa shape index (κ1) is 20.1. The Labute approximate surface area is 163 Å². The Morgan fingerprint density at radius 2 is 1.85 bits per heavy atom. The SMILES string of the molecule is CC(C)C(C#N)(COc1ccc(Cl)cc1)NC(=O)Cc1ccccc1Cl. The Balaban J connectivity index is 2.10. The van der Waals surface area contributed by atoms with Gasteiger partial charge in [-0.25, -0.2) is 0 Å². The molecule has 0 heterocycles. The number of hydrogen-bond acceptors (Lipinski definition) is 3. The van der Waals surface area contributed by atoms with Crippen LogP contribution in [0.25, 0.3) is 0 Å². The van der Waals surface area contributed by atoms with Crippen molar-refractivity contribution in [3.8, 4) is 11.8 Å². The van der Waals surface area contributed by atoms with Crippen molar-refractivity contribution in [3.63, 3.8) is 0 Å². The van der Waals surface area contributed by atoms with E-state index in [2.05, 4.69) is 11.4 Å². The van der Waals surface area contributed by atoms with Gasteiger partial charge in [0.2, 0.25) is 5.91 Å². The molecule has 1 N–H and O–H groups in total. The van der Waals surface area contributed by atoms with E-state index in [0.717, 1.165) is 0 Å². The first-order valence-electron chi connectivity index (χ1n) is 8.20. The predicted octanol–water partition coefficient (Wildman–Crippen LogP) is 4.65. The largest absolute Gasteiger partial charge is 0.490 e. The Morgan fingerprint density at radius 3 is 2.42 bits per heavy atom. The van der Waals surface area contributed by atoms with Crippen molar-refractivity contribution in [1.29, 1.82) is 5.26 Å². The lowest BCUT2D eigenvalue weighted by molar-refractivity contribution is -0.122. The Morgan fingerprint density at radius 1 is 1.19 bits per heavy atom. The fourth-order valence-electron chi connectivity index (χ4n) is 2.37. The third kappa shape index (κ3) is 5.14.